The summed E-state index contributed by atoms with van der Waals surface area (Å²) in [4.78, 5) is 0. The van der Waals surface area contributed by atoms with Crippen molar-refractivity contribution in [3.05, 3.63) is 35.9 Å². The van der Waals surface area contributed by atoms with Crippen molar-refractivity contribution in [1.29, 1.82) is 5.26 Å². The number of rotatable bonds is 3. The van der Waals surface area contributed by atoms with Crippen molar-refractivity contribution < 1.29 is 13.2 Å². The van der Waals surface area contributed by atoms with E-state index in [1.54, 1.807) is 36.4 Å². The molecule has 0 amide bonds. The minimum Gasteiger partial charge on any atom is -0.197 e. The molecule has 0 spiro atoms. The van der Waals surface area contributed by atoms with Crippen molar-refractivity contribution in [2.45, 2.75) is 25.4 Å². The molecule has 1 atom stereocenters. The van der Waals surface area contributed by atoms with Crippen LogP contribution < -0.4 is 0 Å². The van der Waals surface area contributed by atoms with Crippen LogP contribution >= 0.6 is 0 Å². The molecule has 0 N–H and O–H groups in total. The van der Waals surface area contributed by atoms with Gasteiger partial charge in [-0.25, -0.2) is 0 Å². The van der Waals surface area contributed by atoms with Gasteiger partial charge in [-0.1, -0.05) is 30.3 Å². The zero-order valence-electron chi connectivity index (χ0n) is 9.17. The first-order chi connectivity index (χ1) is 7.99. The lowest BCUT2D eigenvalue weighted by atomic mass is 9.77. The maximum atomic E-state index is 13.1. The average Bonchev–Trinajstić information content (AvgIpc) is 3.10. The minimum atomic E-state index is -4.46. The molecule has 1 unspecified atom stereocenters. The Morgan fingerprint density at radius 2 is 1.76 bits per heavy atom. The van der Waals surface area contributed by atoms with Gasteiger partial charge in [-0.05, 0) is 24.3 Å². The van der Waals surface area contributed by atoms with Gasteiger partial charge in [-0.15, -0.1) is 0 Å². The number of hydrogen-bond donors (Lipinski definition) is 0. The molecule has 1 aliphatic carbocycles. The summed E-state index contributed by atoms with van der Waals surface area (Å²) >= 11 is 0. The van der Waals surface area contributed by atoms with Crippen LogP contribution in [0.1, 0.15) is 18.4 Å². The normalized spacial score (nSPS) is 19.4. The lowest BCUT2D eigenvalue weighted by Crippen LogP contribution is -2.40. The van der Waals surface area contributed by atoms with Gasteiger partial charge in [0.1, 0.15) is 0 Å². The highest BCUT2D eigenvalue weighted by Crippen LogP contribution is 2.55. The molecule has 0 radical (unpaired) electrons. The minimum absolute atomic E-state index is 0.238. The molecule has 0 bridgehead atoms. The Morgan fingerprint density at radius 1 is 1.18 bits per heavy atom. The molecule has 1 saturated carbocycles. The van der Waals surface area contributed by atoms with Gasteiger partial charge >= 0.3 is 6.18 Å². The Hall–Kier alpha value is -1.50. The first kappa shape index (κ1) is 12.0. The molecule has 0 aliphatic heterocycles. The van der Waals surface area contributed by atoms with Crippen molar-refractivity contribution in [3.8, 4) is 6.07 Å². The third-order valence-corrected chi connectivity index (χ3v) is 3.31. The molecule has 17 heavy (non-hydrogen) atoms. The van der Waals surface area contributed by atoms with Crippen LogP contribution in [-0.4, -0.2) is 6.18 Å². The number of halogens is 3. The maximum absolute atomic E-state index is 13.1. The number of nitriles is 1. The van der Waals surface area contributed by atoms with E-state index in [1.165, 1.54) is 0 Å². The Balaban J connectivity index is 2.32. The molecular formula is C13H12F3N. The summed E-state index contributed by atoms with van der Waals surface area (Å²) in [5, 5.41) is 9.01. The molecule has 1 aromatic carbocycles. The predicted octanol–water partition coefficient (Wildman–Crippen LogP) is 3.71. The van der Waals surface area contributed by atoms with Gasteiger partial charge in [0.05, 0.1) is 6.07 Å². The zero-order chi connectivity index (χ0) is 12.5. The van der Waals surface area contributed by atoms with Crippen molar-refractivity contribution in [3.63, 3.8) is 0 Å². The fraction of sp³-hybridized carbons (Fsp3) is 0.462. The zero-order valence-corrected chi connectivity index (χ0v) is 9.17. The van der Waals surface area contributed by atoms with Gasteiger partial charge in [0, 0.05) is 6.42 Å². The van der Waals surface area contributed by atoms with E-state index in [1.807, 2.05) is 0 Å². The largest absolute Gasteiger partial charge is 0.407 e. The topological polar surface area (TPSA) is 23.8 Å². The predicted molar refractivity (Wildman–Crippen MR) is 57.0 cm³/mol. The van der Waals surface area contributed by atoms with Gasteiger partial charge in [0.2, 0.25) is 0 Å². The molecule has 1 nitrogen and oxygen atoms in total. The van der Waals surface area contributed by atoms with E-state index in [0.717, 1.165) is 0 Å². The molecule has 1 fully saturated rings. The molecule has 4 heteroatoms. The van der Waals surface area contributed by atoms with E-state index in [2.05, 4.69) is 0 Å². The highest BCUT2D eigenvalue weighted by atomic mass is 19.4. The summed E-state index contributed by atoms with van der Waals surface area (Å²) in [6.07, 6.45) is -3.70. The van der Waals surface area contributed by atoms with Crippen LogP contribution in [0, 0.1) is 22.7 Å². The SMILES string of the molecule is N#CC(Cc1ccccc1)(C1CC1)C(F)(F)F. The fourth-order valence-electron chi connectivity index (χ4n) is 2.16. The third kappa shape index (κ3) is 2.14. The number of hydrogen-bond acceptors (Lipinski definition) is 1. The standard InChI is InChI=1S/C13H12F3N/c14-13(15,16)12(9-17,11-6-7-11)8-10-4-2-1-3-5-10/h1-5,11H,6-8H2. The maximum Gasteiger partial charge on any atom is 0.407 e. The Bertz CT molecular complexity index is 428. The summed E-state index contributed by atoms with van der Waals surface area (Å²) in [5.74, 6) is -0.535. The van der Waals surface area contributed by atoms with Gasteiger partial charge in [0.25, 0.3) is 0 Å². The lowest BCUT2D eigenvalue weighted by molar-refractivity contribution is -0.209. The molecule has 0 saturated heterocycles. The van der Waals surface area contributed by atoms with E-state index < -0.39 is 17.5 Å². The molecule has 0 aromatic heterocycles. The van der Waals surface area contributed by atoms with Crippen LogP contribution in [0.25, 0.3) is 0 Å². The summed E-state index contributed by atoms with van der Waals surface area (Å²) in [6, 6.07) is 9.96. The van der Waals surface area contributed by atoms with Crippen LogP contribution in [0.15, 0.2) is 30.3 Å². The smallest absolute Gasteiger partial charge is 0.197 e. The third-order valence-electron chi connectivity index (χ3n) is 3.31. The Kier molecular flexibility index (Phi) is 2.86. The van der Waals surface area contributed by atoms with Crippen molar-refractivity contribution >= 4 is 0 Å². The Labute approximate surface area is 97.9 Å². The second-order valence-electron chi connectivity index (χ2n) is 4.52. The first-order valence-electron chi connectivity index (χ1n) is 5.51. The van der Waals surface area contributed by atoms with Gasteiger partial charge in [-0.2, -0.15) is 18.4 Å². The first-order valence-corrected chi connectivity index (χ1v) is 5.51. The summed E-state index contributed by atoms with van der Waals surface area (Å²) in [5.41, 5.74) is -1.63. The number of nitrogens with zero attached hydrogens (tertiary/aromatic N) is 1. The monoisotopic (exact) mass is 239 g/mol. The second-order valence-corrected chi connectivity index (χ2v) is 4.52. The van der Waals surface area contributed by atoms with E-state index in [4.69, 9.17) is 5.26 Å². The van der Waals surface area contributed by atoms with Crippen molar-refractivity contribution in [2.75, 3.05) is 0 Å². The van der Waals surface area contributed by atoms with E-state index in [0.29, 0.717) is 18.4 Å². The van der Waals surface area contributed by atoms with Crippen LogP contribution in [-0.2, 0) is 6.42 Å². The van der Waals surface area contributed by atoms with Crippen molar-refractivity contribution in [1.82, 2.24) is 0 Å². The quantitative estimate of drug-likeness (QED) is 0.788. The second kappa shape index (κ2) is 4.06. The van der Waals surface area contributed by atoms with Crippen LogP contribution in [0.3, 0.4) is 0 Å². The van der Waals surface area contributed by atoms with Crippen LogP contribution in [0.5, 0.6) is 0 Å². The molecule has 90 valence electrons. The van der Waals surface area contributed by atoms with Gasteiger partial charge in [-0.3, -0.25) is 0 Å². The molecule has 0 heterocycles. The van der Waals surface area contributed by atoms with Crippen molar-refractivity contribution in [2.24, 2.45) is 11.3 Å². The highest BCUT2D eigenvalue weighted by molar-refractivity contribution is 5.23. The molecular weight excluding hydrogens is 227 g/mol. The fourth-order valence-corrected chi connectivity index (χ4v) is 2.16. The van der Waals surface area contributed by atoms with E-state index in [9.17, 15) is 13.2 Å². The van der Waals surface area contributed by atoms with Gasteiger partial charge < -0.3 is 0 Å². The van der Waals surface area contributed by atoms with E-state index >= 15 is 0 Å². The summed E-state index contributed by atoms with van der Waals surface area (Å²) in [7, 11) is 0. The summed E-state index contributed by atoms with van der Waals surface area (Å²) < 4.78 is 39.4. The van der Waals surface area contributed by atoms with Gasteiger partial charge in [0.15, 0.2) is 5.41 Å². The van der Waals surface area contributed by atoms with Crippen LogP contribution in [0.2, 0.25) is 0 Å². The molecule has 2 rings (SSSR count). The average molecular weight is 239 g/mol. The Morgan fingerprint density at radius 3 is 2.18 bits per heavy atom. The van der Waals surface area contributed by atoms with Crippen LogP contribution in [0.4, 0.5) is 13.2 Å². The number of benzene rings is 1. The van der Waals surface area contributed by atoms with E-state index in [-0.39, 0.29) is 6.42 Å². The summed E-state index contributed by atoms with van der Waals surface area (Å²) in [6.45, 7) is 0. The molecule has 1 aliphatic rings. The molecule has 1 aromatic rings. The highest BCUT2D eigenvalue weighted by Gasteiger charge is 2.62. The lowest BCUT2D eigenvalue weighted by Gasteiger charge is -2.29. The number of alkyl halides is 3.